The number of para-hydroxylation sites is 1. The van der Waals surface area contributed by atoms with Crippen molar-refractivity contribution in [1.82, 2.24) is 0 Å². The fourth-order valence-electron chi connectivity index (χ4n) is 3.82. The first kappa shape index (κ1) is 11.8. The first-order chi connectivity index (χ1) is 8.63. The number of hydrogen-bond acceptors (Lipinski definition) is 1. The van der Waals surface area contributed by atoms with Crippen LogP contribution in [0.4, 0.5) is 5.69 Å². The van der Waals surface area contributed by atoms with Crippen molar-refractivity contribution in [2.75, 3.05) is 11.9 Å². The van der Waals surface area contributed by atoms with Crippen LogP contribution in [0.15, 0.2) is 24.3 Å². The number of carbonyl (C=O) groups excluding carboxylic acids is 1. The monoisotopic (exact) mass is 243 g/mol. The summed E-state index contributed by atoms with van der Waals surface area (Å²) in [6.45, 7) is 2.13. The van der Waals surface area contributed by atoms with Crippen LogP contribution in [-0.2, 0) is 10.2 Å². The molecule has 0 spiro atoms. The summed E-state index contributed by atoms with van der Waals surface area (Å²) in [5.41, 5.74) is 2.03. The molecule has 0 bridgehead atoms. The lowest BCUT2D eigenvalue weighted by Crippen LogP contribution is -2.37. The molecule has 0 aromatic heterocycles. The van der Waals surface area contributed by atoms with Crippen LogP contribution in [0.5, 0.6) is 0 Å². The Morgan fingerprint density at radius 1 is 1.28 bits per heavy atom. The van der Waals surface area contributed by atoms with E-state index in [0.717, 1.165) is 18.0 Å². The summed E-state index contributed by atoms with van der Waals surface area (Å²) in [5, 5.41) is 0. The molecule has 0 saturated heterocycles. The van der Waals surface area contributed by atoms with E-state index in [1.807, 2.05) is 18.0 Å². The molecule has 0 radical (unpaired) electrons. The van der Waals surface area contributed by atoms with Crippen molar-refractivity contribution >= 4 is 11.6 Å². The molecule has 1 aliphatic carbocycles. The van der Waals surface area contributed by atoms with Crippen LogP contribution in [-0.4, -0.2) is 13.0 Å². The summed E-state index contributed by atoms with van der Waals surface area (Å²) in [7, 11) is 1.90. The number of rotatable bonds is 2. The predicted molar refractivity (Wildman–Crippen MR) is 73.8 cm³/mol. The standard InChI is InChI=1S/C16H21NO/c1-16(11-12-7-3-4-8-12)13-9-5-6-10-14(13)17(2)15(16)18/h5-6,9-10,12H,3-4,7-8,11H2,1-2H3. The van der Waals surface area contributed by atoms with Crippen LogP contribution in [0.1, 0.15) is 44.6 Å². The van der Waals surface area contributed by atoms with E-state index in [4.69, 9.17) is 0 Å². The second-order valence-corrected chi connectivity index (χ2v) is 6.07. The molecule has 1 saturated carbocycles. The van der Waals surface area contributed by atoms with Gasteiger partial charge in [0.1, 0.15) is 0 Å². The van der Waals surface area contributed by atoms with E-state index >= 15 is 0 Å². The molecule has 2 aliphatic rings. The second kappa shape index (κ2) is 4.11. The highest BCUT2D eigenvalue weighted by atomic mass is 16.2. The molecule has 2 heteroatoms. The number of anilines is 1. The van der Waals surface area contributed by atoms with Crippen LogP contribution in [0, 0.1) is 5.92 Å². The van der Waals surface area contributed by atoms with Gasteiger partial charge < -0.3 is 4.90 Å². The summed E-state index contributed by atoms with van der Waals surface area (Å²) in [4.78, 5) is 14.4. The van der Waals surface area contributed by atoms with Gasteiger partial charge in [0.05, 0.1) is 5.41 Å². The number of benzene rings is 1. The number of fused-ring (bicyclic) bond motifs is 1. The lowest BCUT2D eigenvalue weighted by Gasteiger charge is -2.26. The first-order valence-corrected chi connectivity index (χ1v) is 7.00. The average Bonchev–Trinajstić information content (AvgIpc) is 2.94. The van der Waals surface area contributed by atoms with Crippen molar-refractivity contribution < 1.29 is 4.79 Å². The molecule has 1 aliphatic heterocycles. The van der Waals surface area contributed by atoms with Crippen LogP contribution in [0.3, 0.4) is 0 Å². The first-order valence-electron chi connectivity index (χ1n) is 7.00. The lowest BCUT2D eigenvalue weighted by molar-refractivity contribution is -0.122. The topological polar surface area (TPSA) is 20.3 Å². The van der Waals surface area contributed by atoms with Crippen molar-refractivity contribution in [2.24, 2.45) is 5.92 Å². The molecule has 2 nitrogen and oxygen atoms in total. The highest BCUT2D eigenvalue weighted by molar-refractivity contribution is 6.07. The largest absolute Gasteiger partial charge is 0.314 e. The van der Waals surface area contributed by atoms with Gasteiger partial charge in [0.2, 0.25) is 5.91 Å². The van der Waals surface area contributed by atoms with E-state index in [1.54, 1.807) is 0 Å². The fraction of sp³-hybridized carbons (Fsp3) is 0.562. The average molecular weight is 243 g/mol. The number of carbonyl (C=O) groups is 1. The van der Waals surface area contributed by atoms with Gasteiger partial charge in [-0.1, -0.05) is 43.9 Å². The molecule has 1 amide bonds. The minimum absolute atomic E-state index is 0.274. The van der Waals surface area contributed by atoms with Gasteiger partial charge in [-0.05, 0) is 30.9 Å². The third-order valence-corrected chi connectivity index (χ3v) is 4.81. The van der Waals surface area contributed by atoms with E-state index in [2.05, 4.69) is 25.1 Å². The highest BCUT2D eigenvalue weighted by Gasteiger charge is 2.46. The molecule has 18 heavy (non-hydrogen) atoms. The van der Waals surface area contributed by atoms with E-state index in [9.17, 15) is 4.79 Å². The molecule has 3 rings (SSSR count). The van der Waals surface area contributed by atoms with Gasteiger partial charge in [0.25, 0.3) is 0 Å². The third kappa shape index (κ3) is 1.58. The van der Waals surface area contributed by atoms with E-state index < -0.39 is 0 Å². The molecule has 1 aromatic carbocycles. The zero-order chi connectivity index (χ0) is 12.8. The summed E-state index contributed by atoms with van der Waals surface area (Å²) in [6, 6.07) is 8.26. The molecular weight excluding hydrogens is 222 g/mol. The Labute approximate surface area is 109 Å². The lowest BCUT2D eigenvalue weighted by atomic mass is 9.76. The molecule has 96 valence electrons. The number of hydrogen-bond donors (Lipinski definition) is 0. The second-order valence-electron chi connectivity index (χ2n) is 6.07. The maximum Gasteiger partial charge on any atom is 0.237 e. The van der Waals surface area contributed by atoms with Crippen molar-refractivity contribution in [2.45, 2.75) is 44.4 Å². The summed E-state index contributed by atoms with van der Waals surface area (Å²) in [5.74, 6) is 1.01. The van der Waals surface area contributed by atoms with Crippen molar-refractivity contribution in [3.63, 3.8) is 0 Å². The van der Waals surface area contributed by atoms with Crippen molar-refractivity contribution in [3.05, 3.63) is 29.8 Å². The Morgan fingerprint density at radius 2 is 1.94 bits per heavy atom. The van der Waals surface area contributed by atoms with Gasteiger partial charge in [0, 0.05) is 12.7 Å². The van der Waals surface area contributed by atoms with Crippen LogP contribution < -0.4 is 4.90 Å². The van der Waals surface area contributed by atoms with E-state index in [-0.39, 0.29) is 11.3 Å². The zero-order valence-electron chi connectivity index (χ0n) is 11.3. The van der Waals surface area contributed by atoms with E-state index in [1.165, 1.54) is 31.2 Å². The summed E-state index contributed by atoms with van der Waals surface area (Å²) < 4.78 is 0. The van der Waals surface area contributed by atoms with Crippen LogP contribution in [0.25, 0.3) is 0 Å². The molecule has 1 aromatic rings. The van der Waals surface area contributed by atoms with Gasteiger partial charge in [-0.15, -0.1) is 0 Å². The van der Waals surface area contributed by atoms with Gasteiger partial charge in [-0.25, -0.2) is 0 Å². The SMILES string of the molecule is CN1C(=O)C(C)(CC2CCCC2)c2ccccc21. The summed E-state index contributed by atoms with van der Waals surface area (Å²) >= 11 is 0. The van der Waals surface area contributed by atoms with Gasteiger partial charge in [0.15, 0.2) is 0 Å². The third-order valence-electron chi connectivity index (χ3n) is 4.81. The smallest absolute Gasteiger partial charge is 0.237 e. The highest BCUT2D eigenvalue weighted by Crippen LogP contribution is 2.46. The van der Waals surface area contributed by atoms with Crippen LogP contribution in [0.2, 0.25) is 0 Å². The molecule has 1 unspecified atom stereocenters. The summed E-state index contributed by atoms with van der Waals surface area (Å²) in [6.07, 6.45) is 6.30. The predicted octanol–water partition coefficient (Wildman–Crippen LogP) is 3.50. The number of amides is 1. The Hall–Kier alpha value is -1.31. The van der Waals surface area contributed by atoms with Gasteiger partial charge in [-0.3, -0.25) is 4.79 Å². The Morgan fingerprint density at radius 3 is 2.67 bits per heavy atom. The molecular formula is C16H21NO. The van der Waals surface area contributed by atoms with Gasteiger partial charge >= 0.3 is 0 Å². The number of nitrogens with zero attached hydrogens (tertiary/aromatic N) is 1. The molecule has 0 N–H and O–H groups in total. The van der Waals surface area contributed by atoms with Crippen LogP contribution >= 0.6 is 0 Å². The van der Waals surface area contributed by atoms with E-state index in [0.29, 0.717) is 0 Å². The molecule has 1 fully saturated rings. The zero-order valence-corrected chi connectivity index (χ0v) is 11.3. The molecule has 1 heterocycles. The molecule has 1 atom stereocenters. The maximum absolute atomic E-state index is 12.6. The normalized spacial score (nSPS) is 27.9. The minimum Gasteiger partial charge on any atom is -0.314 e. The Kier molecular flexibility index (Phi) is 2.69. The number of likely N-dealkylation sites (N-methyl/N-ethyl adjacent to an activating group) is 1. The maximum atomic E-state index is 12.6. The quantitative estimate of drug-likeness (QED) is 0.778. The fourth-order valence-corrected chi connectivity index (χ4v) is 3.82. The Balaban J connectivity index is 1.97. The van der Waals surface area contributed by atoms with Crippen molar-refractivity contribution in [3.8, 4) is 0 Å². The van der Waals surface area contributed by atoms with Gasteiger partial charge in [-0.2, -0.15) is 0 Å². The van der Waals surface area contributed by atoms with Crippen molar-refractivity contribution in [1.29, 1.82) is 0 Å². The Bertz CT molecular complexity index is 476. The minimum atomic E-state index is -0.291.